The van der Waals surface area contributed by atoms with Crippen LogP contribution in [0.3, 0.4) is 0 Å². The minimum atomic E-state index is -0.629. The number of hydrogen-bond donors (Lipinski definition) is 2. The van der Waals surface area contributed by atoms with Crippen LogP contribution in [0.15, 0.2) is 42.6 Å². The highest BCUT2D eigenvalue weighted by molar-refractivity contribution is 6.06. The third-order valence-electron chi connectivity index (χ3n) is 4.28. The summed E-state index contributed by atoms with van der Waals surface area (Å²) in [5, 5.41) is 10.3. The monoisotopic (exact) mass is 338 g/mol. The smallest absolute Gasteiger partial charge is 0.258 e. The number of aromatic amines is 1. The molecule has 0 bridgehead atoms. The Morgan fingerprint density at radius 1 is 1.24 bits per heavy atom. The van der Waals surface area contributed by atoms with Crippen LogP contribution >= 0.6 is 0 Å². The van der Waals surface area contributed by atoms with Crippen molar-refractivity contribution in [1.82, 2.24) is 10.2 Å². The maximum Gasteiger partial charge on any atom is 0.258 e. The van der Waals surface area contributed by atoms with E-state index < -0.39 is 11.7 Å². The molecule has 3 aromatic rings. The van der Waals surface area contributed by atoms with Gasteiger partial charge in [0.15, 0.2) is 0 Å². The summed E-state index contributed by atoms with van der Waals surface area (Å²) in [5.41, 5.74) is 1.75. The van der Waals surface area contributed by atoms with Crippen molar-refractivity contribution >= 4 is 34.1 Å². The van der Waals surface area contributed by atoms with Crippen molar-refractivity contribution < 1.29 is 14.0 Å². The first-order valence-corrected chi connectivity index (χ1v) is 7.96. The lowest BCUT2D eigenvalue weighted by atomic mass is 10.1. The van der Waals surface area contributed by atoms with Gasteiger partial charge in [0.05, 0.1) is 17.3 Å². The second kappa shape index (κ2) is 6.01. The van der Waals surface area contributed by atoms with E-state index in [4.69, 9.17) is 0 Å². The van der Waals surface area contributed by atoms with Gasteiger partial charge in [-0.2, -0.15) is 5.10 Å². The Kier molecular flexibility index (Phi) is 3.68. The van der Waals surface area contributed by atoms with E-state index >= 15 is 0 Å². The molecular formula is C18H15FN4O2. The van der Waals surface area contributed by atoms with Crippen LogP contribution in [-0.4, -0.2) is 28.6 Å². The largest absolute Gasteiger partial charge is 0.322 e. The SMILES string of the molecule is O=C(Nc1ccc2cn[nH]c2c1)c1cc(N2CCCC2=O)ccc1F. The molecule has 4 rings (SSSR count). The van der Waals surface area contributed by atoms with E-state index in [9.17, 15) is 14.0 Å². The molecule has 1 aliphatic heterocycles. The molecule has 1 saturated heterocycles. The fourth-order valence-electron chi connectivity index (χ4n) is 2.99. The molecule has 0 unspecified atom stereocenters. The molecular weight excluding hydrogens is 323 g/mol. The van der Waals surface area contributed by atoms with Crippen molar-refractivity contribution in [3.8, 4) is 0 Å². The van der Waals surface area contributed by atoms with Crippen LogP contribution in [-0.2, 0) is 4.79 Å². The Morgan fingerprint density at radius 3 is 2.92 bits per heavy atom. The van der Waals surface area contributed by atoms with Gasteiger partial charge < -0.3 is 10.2 Å². The number of carbonyl (C=O) groups is 2. The molecule has 0 aliphatic carbocycles. The van der Waals surface area contributed by atoms with Gasteiger partial charge >= 0.3 is 0 Å². The third kappa shape index (κ3) is 2.84. The molecule has 2 heterocycles. The van der Waals surface area contributed by atoms with Crippen LogP contribution in [0.25, 0.3) is 10.9 Å². The number of hydrogen-bond acceptors (Lipinski definition) is 3. The van der Waals surface area contributed by atoms with Gasteiger partial charge in [-0.15, -0.1) is 0 Å². The average Bonchev–Trinajstić information content (AvgIpc) is 3.23. The van der Waals surface area contributed by atoms with Crippen molar-refractivity contribution in [3.63, 3.8) is 0 Å². The van der Waals surface area contributed by atoms with Crippen molar-refractivity contribution in [2.24, 2.45) is 0 Å². The lowest BCUT2D eigenvalue weighted by Crippen LogP contribution is -2.24. The van der Waals surface area contributed by atoms with Gasteiger partial charge in [-0.25, -0.2) is 4.39 Å². The first-order valence-electron chi connectivity index (χ1n) is 7.96. The van der Waals surface area contributed by atoms with Crippen molar-refractivity contribution in [3.05, 3.63) is 54.0 Å². The average molecular weight is 338 g/mol. The number of halogens is 1. The third-order valence-corrected chi connectivity index (χ3v) is 4.28. The minimum Gasteiger partial charge on any atom is -0.322 e. The molecule has 1 aliphatic rings. The number of nitrogens with one attached hydrogen (secondary N) is 2. The summed E-state index contributed by atoms with van der Waals surface area (Å²) in [6, 6.07) is 9.42. The second-order valence-electron chi connectivity index (χ2n) is 5.94. The summed E-state index contributed by atoms with van der Waals surface area (Å²) in [5.74, 6) is -1.21. The van der Waals surface area contributed by atoms with Gasteiger partial charge in [0, 0.05) is 29.7 Å². The van der Waals surface area contributed by atoms with Crippen LogP contribution in [0.2, 0.25) is 0 Å². The first kappa shape index (κ1) is 15.3. The van der Waals surface area contributed by atoms with Crippen molar-refractivity contribution in [1.29, 1.82) is 0 Å². The molecule has 7 heteroatoms. The molecule has 6 nitrogen and oxygen atoms in total. The summed E-state index contributed by atoms with van der Waals surface area (Å²) in [6.45, 7) is 0.585. The molecule has 0 saturated carbocycles. The van der Waals surface area contributed by atoms with Gasteiger partial charge in [-0.1, -0.05) is 0 Å². The van der Waals surface area contributed by atoms with Crippen LogP contribution in [0.1, 0.15) is 23.2 Å². The number of benzene rings is 2. The van der Waals surface area contributed by atoms with Gasteiger partial charge in [0.2, 0.25) is 5.91 Å². The van der Waals surface area contributed by atoms with Crippen molar-refractivity contribution in [2.75, 3.05) is 16.8 Å². The number of nitrogens with zero attached hydrogens (tertiary/aromatic N) is 2. The standard InChI is InChI=1S/C18H15FN4O2/c19-15-6-5-13(23-7-1-2-17(23)24)9-14(15)18(25)21-12-4-3-11-10-20-22-16(11)8-12/h3-6,8-10H,1-2,7H2,(H,20,22)(H,21,25). The maximum atomic E-state index is 14.1. The Hall–Kier alpha value is -3.22. The predicted molar refractivity (Wildman–Crippen MR) is 92.0 cm³/mol. The van der Waals surface area contributed by atoms with Crippen LogP contribution in [0.5, 0.6) is 0 Å². The molecule has 2 amide bonds. The number of rotatable bonds is 3. The van der Waals surface area contributed by atoms with Gasteiger partial charge in [0.25, 0.3) is 5.91 Å². The lowest BCUT2D eigenvalue weighted by molar-refractivity contribution is -0.117. The van der Waals surface area contributed by atoms with E-state index in [1.807, 2.05) is 6.07 Å². The zero-order valence-electron chi connectivity index (χ0n) is 13.3. The molecule has 2 aromatic carbocycles. The summed E-state index contributed by atoms with van der Waals surface area (Å²) in [4.78, 5) is 25.9. The van der Waals surface area contributed by atoms with Crippen LogP contribution in [0, 0.1) is 5.82 Å². The highest BCUT2D eigenvalue weighted by atomic mass is 19.1. The highest BCUT2D eigenvalue weighted by Gasteiger charge is 2.23. The van der Waals surface area contributed by atoms with Crippen LogP contribution in [0.4, 0.5) is 15.8 Å². The zero-order valence-corrected chi connectivity index (χ0v) is 13.3. The molecule has 25 heavy (non-hydrogen) atoms. The highest BCUT2D eigenvalue weighted by Crippen LogP contribution is 2.25. The summed E-state index contributed by atoms with van der Waals surface area (Å²) < 4.78 is 14.1. The summed E-state index contributed by atoms with van der Waals surface area (Å²) >= 11 is 0. The molecule has 1 fully saturated rings. The predicted octanol–water partition coefficient (Wildman–Crippen LogP) is 3.08. The fourth-order valence-corrected chi connectivity index (χ4v) is 2.99. The van der Waals surface area contributed by atoms with E-state index in [-0.39, 0.29) is 11.5 Å². The lowest BCUT2D eigenvalue weighted by Gasteiger charge is -2.17. The topological polar surface area (TPSA) is 78.1 Å². The Morgan fingerprint density at radius 2 is 2.12 bits per heavy atom. The normalized spacial score (nSPS) is 14.3. The van der Waals surface area contributed by atoms with Gasteiger partial charge in [0.1, 0.15) is 5.82 Å². The van der Waals surface area contributed by atoms with E-state index in [2.05, 4.69) is 15.5 Å². The molecule has 0 atom stereocenters. The quantitative estimate of drug-likeness (QED) is 0.770. The van der Waals surface area contributed by atoms with Crippen molar-refractivity contribution in [2.45, 2.75) is 12.8 Å². The summed E-state index contributed by atoms with van der Waals surface area (Å²) in [7, 11) is 0. The molecule has 0 spiro atoms. The maximum absolute atomic E-state index is 14.1. The fraction of sp³-hybridized carbons (Fsp3) is 0.167. The van der Waals surface area contributed by atoms with E-state index in [0.29, 0.717) is 24.3 Å². The molecule has 2 N–H and O–H groups in total. The molecule has 1 aromatic heterocycles. The summed E-state index contributed by atoms with van der Waals surface area (Å²) in [6.07, 6.45) is 2.92. The van der Waals surface area contributed by atoms with Gasteiger partial charge in [-0.3, -0.25) is 14.7 Å². The molecule has 0 radical (unpaired) electrons. The minimum absolute atomic E-state index is 0.0114. The Labute approximate surface area is 142 Å². The number of anilines is 2. The Bertz CT molecular complexity index is 982. The number of carbonyl (C=O) groups excluding carboxylic acids is 2. The second-order valence-corrected chi connectivity index (χ2v) is 5.94. The number of amides is 2. The number of H-pyrrole nitrogens is 1. The zero-order chi connectivity index (χ0) is 17.4. The molecule has 126 valence electrons. The van der Waals surface area contributed by atoms with E-state index in [0.717, 1.165) is 17.3 Å². The van der Waals surface area contributed by atoms with Crippen LogP contribution < -0.4 is 10.2 Å². The Balaban J connectivity index is 1.61. The van der Waals surface area contributed by atoms with E-state index in [1.54, 1.807) is 23.2 Å². The van der Waals surface area contributed by atoms with Gasteiger partial charge in [-0.05, 0) is 42.8 Å². The number of fused-ring (bicyclic) bond motifs is 1. The van der Waals surface area contributed by atoms with E-state index in [1.165, 1.54) is 18.2 Å². The first-order chi connectivity index (χ1) is 12.1. The number of aromatic nitrogens is 2.